The molecule has 3 nitrogen and oxygen atoms in total. The van der Waals surface area contributed by atoms with E-state index in [2.05, 4.69) is 25.7 Å². The van der Waals surface area contributed by atoms with Crippen LogP contribution in [0.3, 0.4) is 0 Å². The fourth-order valence-corrected chi connectivity index (χ4v) is 3.91. The predicted molar refractivity (Wildman–Crippen MR) is 69.0 cm³/mol. The summed E-state index contributed by atoms with van der Waals surface area (Å²) in [6.45, 7) is 8.17. The Morgan fingerprint density at radius 2 is 1.82 bits per heavy atom. The molecule has 2 bridgehead atoms. The monoisotopic (exact) mass is 241 g/mol. The van der Waals surface area contributed by atoms with E-state index in [-0.39, 0.29) is 17.7 Å². The van der Waals surface area contributed by atoms with Gasteiger partial charge in [0.15, 0.2) is 0 Å². The van der Waals surface area contributed by atoms with E-state index in [4.69, 9.17) is 4.74 Å². The number of hydrogen-bond donors (Lipinski definition) is 1. The average Bonchev–Trinajstić information content (AvgIpc) is 2.46. The van der Waals surface area contributed by atoms with Gasteiger partial charge in [0.05, 0.1) is 6.10 Å². The molecule has 0 amide bonds. The molecule has 0 aromatic rings. The summed E-state index contributed by atoms with van der Waals surface area (Å²) >= 11 is 0. The van der Waals surface area contributed by atoms with E-state index in [1.165, 1.54) is 12.8 Å². The summed E-state index contributed by atoms with van der Waals surface area (Å²) in [5.41, 5.74) is 0.550. The predicted octanol–water partition coefficient (Wildman–Crippen LogP) is 2.04. The summed E-state index contributed by atoms with van der Waals surface area (Å²) in [6.07, 6.45) is 5.21. The highest BCUT2D eigenvalue weighted by Gasteiger charge is 2.55. The number of nitrogens with zero attached hydrogens (tertiary/aromatic N) is 1. The minimum atomic E-state index is 0.275. The molecule has 0 spiro atoms. The topological polar surface area (TPSA) is 32.7 Å². The summed E-state index contributed by atoms with van der Waals surface area (Å²) < 4.78 is 5.61. The third-order valence-corrected chi connectivity index (χ3v) is 4.98. The molecule has 17 heavy (non-hydrogen) atoms. The van der Waals surface area contributed by atoms with Crippen LogP contribution in [0.4, 0.5) is 0 Å². The summed E-state index contributed by atoms with van der Waals surface area (Å²) in [7, 11) is 1.84. The number of fused-ring (bicyclic) bond motifs is 2. The maximum Gasteiger partial charge on any atom is 0.0606 e. The van der Waals surface area contributed by atoms with Gasteiger partial charge in [-0.1, -0.05) is 6.92 Å². The van der Waals surface area contributed by atoms with Gasteiger partial charge in [-0.2, -0.15) is 0 Å². The first-order valence-corrected chi connectivity index (χ1v) is 6.85. The van der Waals surface area contributed by atoms with Crippen LogP contribution < -0.4 is 0 Å². The molecule has 0 saturated carbocycles. The number of ether oxygens (including phenoxy) is 1. The molecule has 2 rings (SSSR count). The molecular weight excluding hydrogens is 214 g/mol. The molecule has 2 fully saturated rings. The number of aliphatic hydroxyl groups excluding tert-OH is 1. The van der Waals surface area contributed by atoms with Crippen LogP contribution in [0.5, 0.6) is 0 Å². The largest absolute Gasteiger partial charge is 0.396 e. The maximum absolute atomic E-state index is 9.27. The van der Waals surface area contributed by atoms with Crippen molar-refractivity contribution in [2.24, 2.45) is 5.92 Å². The highest BCUT2D eigenvalue weighted by Crippen LogP contribution is 2.51. The second-order valence-corrected chi connectivity index (χ2v) is 6.66. The lowest BCUT2D eigenvalue weighted by Gasteiger charge is -2.51. The quantitative estimate of drug-likeness (QED) is 0.817. The van der Waals surface area contributed by atoms with Crippen LogP contribution >= 0.6 is 0 Å². The molecule has 2 aliphatic rings. The van der Waals surface area contributed by atoms with Gasteiger partial charge in [0.25, 0.3) is 0 Å². The molecule has 100 valence electrons. The van der Waals surface area contributed by atoms with Gasteiger partial charge in [-0.05, 0) is 45.4 Å². The zero-order valence-corrected chi connectivity index (χ0v) is 11.7. The second kappa shape index (κ2) is 4.52. The Labute approximate surface area is 105 Å². The zero-order chi connectivity index (χ0) is 12.7. The molecule has 0 aliphatic carbocycles. The molecule has 0 aromatic heterocycles. The number of aliphatic hydroxyl groups is 1. The number of rotatable bonds is 4. The van der Waals surface area contributed by atoms with E-state index in [1.54, 1.807) is 0 Å². The first-order valence-electron chi connectivity index (χ1n) is 6.85. The third kappa shape index (κ3) is 2.25. The fourth-order valence-electron chi connectivity index (χ4n) is 3.91. The second-order valence-electron chi connectivity index (χ2n) is 6.66. The Morgan fingerprint density at radius 1 is 1.29 bits per heavy atom. The van der Waals surface area contributed by atoms with Crippen LogP contribution in [0.1, 0.15) is 46.5 Å². The van der Waals surface area contributed by atoms with Crippen LogP contribution in [0.25, 0.3) is 0 Å². The first kappa shape index (κ1) is 13.3. The lowest BCUT2D eigenvalue weighted by Crippen LogP contribution is -2.59. The van der Waals surface area contributed by atoms with Crippen LogP contribution in [0.2, 0.25) is 0 Å². The molecule has 1 N–H and O–H groups in total. The Morgan fingerprint density at radius 3 is 2.24 bits per heavy atom. The highest BCUT2D eigenvalue weighted by atomic mass is 16.5. The minimum absolute atomic E-state index is 0.275. The van der Waals surface area contributed by atoms with Gasteiger partial charge in [0.2, 0.25) is 0 Å². The lowest BCUT2D eigenvalue weighted by atomic mass is 9.83. The van der Waals surface area contributed by atoms with Gasteiger partial charge in [-0.25, -0.2) is 0 Å². The molecule has 0 aromatic carbocycles. The van der Waals surface area contributed by atoms with E-state index in [0.29, 0.717) is 12.0 Å². The van der Waals surface area contributed by atoms with E-state index < -0.39 is 0 Å². The Bertz CT molecular complexity index is 263. The first-order chi connectivity index (χ1) is 7.93. The molecule has 0 radical (unpaired) electrons. The summed E-state index contributed by atoms with van der Waals surface area (Å²) in [4.78, 5) is 2.65. The summed E-state index contributed by atoms with van der Waals surface area (Å²) in [5, 5.41) is 9.27. The Kier molecular flexibility index (Phi) is 3.54. The van der Waals surface area contributed by atoms with Crippen LogP contribution in [-0.2, 0) is 4.74 Å². The van der Waals surface area contributed by atoms with Crippen molar-refractivity contribution in [3.63, 3.8) is 0 Å². The van der Waals surface area contributed by atoms with Crippen molar-refractivity contribution in [2.45, 2.75) is 63.6 Å². The van der Waals surface area contributed by atoms with Crippen LogP contribution in [0, 0.1) is 5.92 Å². The van der Waals surface area contributed by atoms with Crippen LogP contribution in [0.15, 0.2) is 0 Å². The SMILES string of the molecule is COC1CC2(C)CCC(C)(C1)N2CC(C)CO. The van der Waals surface area contributed by atoms with Gasteiger partial charge in [0, 0.05) is 31.3 Å². The van der Waals surface area contributed by atoms with E-state index in [0.717, 1.165) is 19.4 Å². The molecule has 2 saturated heterocycles. The molecular formula is C14H27NO2. The number of piperidine rings is 1. The van der Waals surface area contributed by atoms with Crippen molar-refractivity contribution in [1.82, 2.24) is 4.90 Å². The van der Waals surface area contributed by atoms with Gasteiger partial charge < -0.3 is 9.84 Å². The minimum Gasteiger partial charge on any atom is -0.396 e. The van der Waals surface area contributed by atoms with Gasteiger partial charge in [-0.3, -0.25) is 4.90 Å². The van der Waals surface area contributed by atoms with Crippen molar-refractivity contribution in [1.29, 1.82) is 0 Å². The standard InChI is InChI=1S/C14H27NO2/c1-11(10-16)9-15-13(2)5-6-14(15,3)8-12(7-13)17-4/h11-12,16H,5-10H2,1-4H3. The summed E-state index contributed by atoms with van der Waals surface area (Å²) in [5.74, 6) is 0.367. The number of methoxy groups -OCH3 is 1. The van der Waals surface area contributed by atoms with Gasteiger partial charge in [0.1, 0.15) is 0 Å². The van der Waals surface area contributed by atoms with Gasteiger partial charge in [-0.15, -0.1) is 0 Å². The van der Waals surface area contributed by atoms with E-state index in [1.807, 2.05) is 7.11 Å². The fraction of sp³-hybridized carbons (Fsp3) is 1.00. The van der Waals surface area contributed by atoms with Gasteiger partial charge >= 0.3 is 0 Å². The molecule has 3 heteroatoms. The normalized spacial score (nSPS) is 43.9. The van der Waals surface area contributed by atoms with Crippen molar-refractivity contribution >= 4 is 0 Å². The Balaban J connectivity index is 2.16. The smallest absolute Gasteiger partial charge is 0.0606 e. The van der Waals surface area contributed by atoms with Crippen molar-refractivity contribution < 1.29 is 9.84 Å². The zero-order valence-electron chi connectivity index (χ0n) is 11.7. The molecule has 2 heterocycles. The summed E-state index contributed by atoms with van der Waals surface area (Å²) in [6, 6.07) is 0. The maximum atomic E-state index is 9.27. The van der Waals surface area contributed by atoms with E-state index in [9.17, 15) is 5.11 Å². The lowest BCUT2D eigenvalue weighted by molar-refractivity contribution is -0.0745. The van der Waals surface area contributed by atoms with Crippen LogP contribution in [-0.4, -0.2) is 47.4 Å². The van der Waals surface area contributed by atoms with Crippen molar-refractivity contribution in [2.75, 3.05) is 20.3 Å². The van der Waals surface area contributed by atoms with Crippen molar-refractivity contribution in [3.8, 4) is 0 Å². The average molecular weight is 241 g/mol. The number of hydrogen-bond acceptors (Lipinski definition) is 3. The molecule has 3 unspecified atom stereocenters. The van der Waals surface area contributed by atoms with Crippen molar-refractivity contribution in [3.05, 3.63) is 0 Å². The Hall–Kier alpha value is -0.120. The third-order valence-electron chi connectivity index (χ3n) is 4.98. The molecule has 2 aliphatic heterocycles. The highest BCUT2D eigenvalue weighted by molar-refractivity contribution is 5.10. The van der Waals surface area contributed by atoms with E-state index >= 15 is 0 Å². The molecule has 3 atom stereocenters.